The molecule has 5 nitrogen and oxygen atoms in total. The van der Waals surface area contributed by atoms with Gasteiger partial charge in [0.05, 0.1) is 12.0 Å². The highest BCUT2D eigenvalue weighted by Gasteiger charge is 2.32. The van der Waals surface area contributed by atoms with Crippen LogP contribution in [-0.2, 0) is 18.7 Å². The highest BCUT2D eigenvalue weighted by molar-refractivity contribution is 6.73. The Hall–Kier alpha value is -2.62. The number of cyclic esters (lactones) is 1. The van der Waals surface area contributed by atoms with Gasteiger partial charge in [-0.25, -0.2) is 4.79 Å². The number of allylic oxidation sites excluding steroid dienone is 1. The minimum absolute atomic E-state index is 0.00679. The van der Waals surface area contributed by atoms with Gasteiger partial charge in [-0.2, -0.15) is 0 Å². The Balaban J connectivity index is 2.19. The lowest BCUT2D eigenvalue weighted by atomic mass is 9.93. The van der Waals surface area contributed by atoms with Crippen LogP contribution < -0.4 is 0 Å². The van der Waals surface area contributed by atoms with Crippen LogP contribution in [0.3, 0.4) is 0 Å². The summed E-state index contributed by atoms with van der Waals surface area (Å²) in [6.45, 7) is 15.1. The molecule has 0 fully saturated rings. The third kappa shape index (κ3) is 9.60. The van der Waals surface area contributed by atoms with Crippen LogP contribution >= 0.6 is 0 Å². The summed E-state index contributed by atoms with van der Waals surface area (Å²) < 4.78 is 18.4. The lowest BCUT2D eigenvalue weighted by molar-refractivity contribution is -0.151. The molecule has 208 valence electrons. The zero-order chi connectivity index (χ0) is 28.1. The summed E-state index contributed by atoms with van der Waals surface area (Å²) in [5.74, 6) is 5.45. The lowest BCUT2D eigenvalue weighted by Gasteiger charge is -2.34. The van der Waals surface area contributed by atoms with Crippen LogP contribution in [0.5, 0.6) is 0 Å². The van der Waals surface area contributed by atoms with Gasteiger partial charge in [-0.05, 0) is 68.1 Å². The summed E-state index contributed by atoms with van der Waals surface area (Å²) in [7, 11) is -1.72. The molecule has 1 unspecified atom stereocenters. The number of benzene rings is 1. The average molecular weight is 539 g/mol. The van der Waals surface area contributed by atoms with E-state index >= 15 is 0 Å². The molecule has 1 heterocycles. The van der Waals surface area contributed by atoms with Gasteiger partial charge < -0.3 is 13.9 Å². The van der Waals surface area contributed by atoms with Crippen molar-refractivity contribution >= 4 is 20.3 Å². The molecule has 1 aromatic rings. The Morgan fingerprint density at radius 2 is 1.82 bits per heavy atom. The molecular weight excluding hydrogens is 492 g/mol. The number of rotatable bonds is 10. The Morgan fingerprint density at radius 1 is 1.16 bits per heavy atom. The summed E-state index contributed by atoms with van der Waals surface area (Å²) >= 11 is 0. The molecule has 0 saturated carbocycles. The van der Waals surface area contributed by atoms with Crippen LogP contribution in [0.1, 0.15) is 78.1 Å². The van der Waals surface area contributed by atoms with Crippen LogP contribution in [-0.4, -0.2) is 38.6 Å². The van der Waals surface area contributed by atoms with Crippen molar-refractivity contribution in [1.82, 2.24) is 0 Å². The van der Waals surface area contributed by atoms with Gasteiger partial charge in [0.15, 0.2) is 8.32 Å². The molecular formula is C32H46O5Si. The second kappa shape index (κ2) is 15.7. The van der Waals surface area contributed by atoms with E-state index in [9.17, 15) is 9.59 Å². The second-order valence-corrected chi connectivity index (χ2v) is 15.1. The van der Waals surface area contributed by atoms with Crippen LogP contribution in [0.25, 0.3) is 0 Å². The topological polar surface area (TPSA) is 61.8 Å². The van der Waals surface area contributed by atoms with Gasteiger partial charge >= 0.3 is 11.9 Å². The number of hydrogen-bond acceptors (Lipinski definition) is 5. The van der Waals surface area contributed by atoms with E-state index in [1.807, 2.05) is 32.1 Å². The van der Waals surface area contributed by atoms with Gasteiger partial charge in [0.25, 0.3) is 0 Å². The number of hydrogen-bond donors (Lipinski definition) is 0. The van der Waals surface area contributed by atoms with E-state index in [0.29, 0.717) is 18.4 Å². The van der Waals surface area contributed by atoms with Crippen LogP contribution in [0.15, 0.2) is 54.1 Å². The number of esters is 2. The molecule has 0 radical (unpaired) electrons. The molecule has 0 aliphatic carbocycles. The van der Waals surface area contributed by atoms with E-state index in [1.165, 1.54) is 0 Å². The van der Waals surface area contributed by atoms with E-state index < -0.39 is 26.5 Å². The summed E-state index contributed by atoms with van der Waals surface area (Å²) in [5.41, 5.74) is 1.44. The second-order valence-electron chi connectivity index (χ2n) is 10.4. The molecule has 1 aliphatic heterocycles. The van der Waals surface area contributed by atoms with Crippen molar-refractivity contribution in [3.63, 3.8) is 0 Å². The highest BCUT2D eigenvalue weighted by Crippen LogP contribution is 2.28. The smallest absolute Gasteiger partial charge is 0.338 e. The molecule has 1 aliphatic rings. The zero-order valence-corrected chi connectivity index (χ0v) is 25.3. The van der Waals surface area contributed by atoms with Crippen molar-refractivity contribution in [3.05, 3.63) is 59.7 Å². The summed E-state index contributed by atoms with van der Waals surface area (Å²) in [6, 6.07) is 12.1. The molecule has 2 rings (SSSR count). The summed E-state index contributed by atoms with van der Waals surface area (Å²) in [4.78, 5) is 25.7. The van der Waals surface area contributed by atoms with Crippen LogP contribution in [0.4, 0.5) is 0 Å². The summed E-state index contributed by atoms with van der Waals surface area (Å²) in [5, 5.41) is 0. The average Bonchev–Trinajstić information content (AvgIpc) is 2.91. The Kier molecular flexibility index (Phi) is 13.1. The van der Waals surface area contributed by atoms with E-state index in [2.05, 4.69) is 52.5 Å². The normalized spacial score (nSPS) is 23.5. The van der Waals surface area contributed by atoms with Crippen molar-refractivity contribution in [3.8, 4) is 11.8 Å². The predicted octanol–water partition coefficient (Wildman–Crippen LogP) is 7.50. The first-order valence-electron chi connectivity index (χ1n) is 14.1. The van der Waals surface area contributed by atoms with Gasteiger partial charge in [-0.1, -0.05) is 76.8 Å². The molecule has 5 atom stereocenters. The van der Waals surface area contributed by atoms with Crippen molar-refractivity contribution in [2.75, 3.05) is 0 Å². The maximum absolute atomic E-state index is 13.1. The van der Waals surface area contributed by atoms with Crippen molar-refractivity contribution in [1.29, 1.82) is 0 Å². The fraction of sp³-hybridized carbons (Fsp3) is 0.562. The molecule has 38 heavy (non-hydrogen) atoms. The number of carbonyl (C=O) groups excluding carboxylic acids is 2. The molecule has 0 spiro atoms. The zero-order valence-electron chi connectivity index (χ0n) is 24.3. The quantitative estimate of drug-likeness (QED) is 0.134. The predicted molar refractivity (Wildman–Crippen MR) is 156 cm³/mol. The Labute approximate surface area is 231 Å². The fourth-order valence-electron chi connectivity index (χ4n) is 4.80. The van der Waals surface area contributed by atoms with E-state index in [0.717, 1.165) is 23.7 Å². The maximum atomic E-state index is 13.1. The molecule has 0 aromatic heterocycles. The number of ether oxygens (including phenoxy) is 2. The van der Waals surface area contributed by atoms with E-state index in [4.69, 9.17) is 13.9 Å². The maximum Gasteiger partial charge on any atom is 0.338 e. The minimum atomic E-state index is -1.72. The van der Waals surface area contributed by atoms with Crippen molar-refractivity contribution in [2.45, 2.75) is 104 Å². The van der Waals surface area contributed by atoms with Crippen molar-refractivity contribution < 1.29 is 23.5 Å². The van der Waals surface area contributed by atoms with Gasteiger partial charge in [0.2, 0.25) is 0 Å². The lowest BCUT2D eigenvalue weighted by Crippen LogP contribution is -2.40. The number of carbonyl (C=O) groups is 2. The fourth-order valence-corrected chi connectivity index (χ4v) is 7.80. The van der Waals surface area contributed by atoms with Gasteiger partial charge in [-0.15, -0.1) is 0 Å². The molecule has 0 saturated heterocycles. The molecule has 0 N–H and O–H groups in total. The van der Waals surface area contributed by atoms with E-state index in [-0.39, 0.29) is 30.3 Å². The Morgan fingerprint density at radius 3 is 2.45 bits per heavy atom. The van der Waals surface area contributed by atoms with Gasteiger partial charge in [0, 0.05) is 18.4 Å². The largest absolute Gasteiger partial charge is 0.458 e. The summed E-state index contributed by atoms with van der Waals surface area (Å²) in [6.07, 6.45) is 6.01. The monoisotopic (exact) mass is 538 g/mol. The molecule has 6 heteroatoms. The van der Waals surface area contributed by atoms with Crippen LogP contribution in [0.2, 0.25) is 18.1 Å². The van der Waals surface area contributed by atoms with E-state index in [1.54, 1.807) is 24.3 Å². The first-order valence-corrected chi connectivity index (χ1v) is 16.6. The Bertz CT molecular complexity index is 1010. The van der Waals surface area contributed by atoms with Crippen LogP contribution in [0, 0.1) is 23.7 Å². The highest BCUT2D eigenvalue weighted by atomic mass is 28.4. The molecule has 1 aromatic carbocycles. The first-order chi connectivity index (χ1) is 18.1. The van der Waals surface area contributed by atoms with Crippen molar-refractivity contribution in [2.24, 2.45) is 11.8 Å². The standard InChI is InChI=1S/C32H46O5Si/c1-8-38(9-2,10-3)37-27(7)25(5)22-26(6)31-24(4)18-14-11-12-17-21-29(23-30(33)36-31)35-32(34)28-19-15-13-16-20-28/h13-16,18-20,22,24-25,27,29,31H,8-10,17,21,23H2,1-7H3/b18-14-,26-22+/t24-,25-,27+,29?,31+/m0/s1. The molecule has 0 bridgehead atoms. The first kappa shape index (κ1) is 31.6. The SMILES string of the molecule is CC[Si](CC)(CC)O[C@H](C)[C@@H](C)/C=C(\C)[C@@H]1OC(=O)CC(OC(=O)c2ccccc2)CCC#C/C=C\[C@@H]1C. The third-order valence-corrected chi connectivity index (χ3v) is 12.4. The van der Waals surface area contributed by atoms with Gasteiger partial charge in [-0.3, -0.25) is 4.79 Å². The third-order valence-electron chi connectivity index (χ3n) is 7.67. The minimum Gasteiger partial charge on any atom is -0.458 e. The molecule has 0 amide bonds. The van der Waals surface area contributed by atoms with Gasteiger partial charge in [0.1, 0.15) is 12.2 Å².